The molecule has 0 atom stereocenters. The van der Waals surface area contributed by atoms with Crippen LogP contribution in [0, 0.1) is 6.92 Å². The second kappa shape index (κ2) is 4.11. The number of nitrogens with one attached hydrogen (secondary N) is 1. The number of likely N-dealkylation sites (N-methyl/N-ethyl adjacent to an activating group) is 1. The van der Waals surface area contributed by atoms with E-state index in [1.54, 1.807) is 0 Å². The summed E-state index contributed by atoms with van der Waals surface area (Å²) >= 11 is 0. The summed E-state index contributed by atoms with van der Waals surface area (Å²) in [5, 5.41) is 1.41. The zero-order valence-electron chi connectivity index (χ0n) is 9.68. The summed E-state index contributed by atoms with van der Waals surface area (Å²) < 4.78 is 0. The molecule has 1 N–H and O–H groups in total. The van der Waals surface area contributed by atoms with E-state index in [2.05, 4.69) is 42.1 Å². The number of fused-ring (bicyclic) bond motifs is 3. The van der Waals surface area contributed by atoms with Crippen LogP contribution in [0.3, 0.4) is 0 Å². The summed E-state index contributed by atoms with van der Waals surface area (Å²) in [5.74, 6) is 0. The maximum atomic E-state index is 3.54. The minimum Gasteiger partial charge on any atom is -1.00 e. The van der Waals surface area contributed by atoms with Gasteiger partial charge in [0.05, 0.1) is 0 Å². The number of benzene rings is 1. The molecule has 1 aromatic carbocycles. The van der Waals surface area contributed by atoms with Crippen LogP contribution in [-0.4, -0.2) is 23.5 Å². The minimum absolute atomic E-state index is 0. The van der Waals surface area contributed by atoms with E-state index >= 15 is 0 Å². The van der Waals surface area contributed by atoms with Crippen LogP contribution in [0.5, 0.6) is 0 Å². The first-order chi connectivity index (χ1) is 7.24. The molecule has 3 heteroatoms. The maximum absolute atomic E-state index is 3.54. The average Bonchev–Trinajstić information content (AvgIpc) is 2.56. The molecule has 2 aromatic rings. The van der Waals surface area contributed by atoms with E-state index in [9.17, 15) is 0 Å². The van der Waals surface area contributed by atoms with Gasteiger partial charge in [0.2, 0.25) is 0 Å². The highest BCUT2D eigenvalue weighted by molar-refractivity contribution is 5.85. The second-order valence-electron chi connectivity index (χ2n) is 4.62. The zero-order chi connectivity index (χ0) is 10.4. The van der Waals surface area contributed by atoms with Crippen molar-refractivity contribution in [2.45, 2.75) is 19.9 Å². The number of aromatic amines is 1. The molecule has 1 aromatic heterocycles. The maximum Gasteiger partial charge on any atom is 0.0459 e. The van der Waals surface area contributed by atoms with Crippen molar-refractivity contribution in [3.8, 4) is 0 Å². The van der Waals surface area contributed by atoms with Gasteiger partial charge in [-0.3, -0.25) is 0 Å². The van der Waals surface area contributed by atoms with Crippen LogP contribution in [0.4, 0.5) is 0 Å². The molecule has 0 aliphatic carbocycles. The summed E-state index contributed by atoms with van der Waals surface area (Å²) in [7, 11) is 2.19. The van der Waals surface area contributed by atoms with E-state index in [0.29, 0.717) is 0 Å². The number of aryl methyl sites for hydroxylation is 1. The molecule has 0 spiro atoms. The number of H-pyrrole nitrogens is 1. The van der Waals surface area contributed by atoms with Crippen LogP contribution < -0.4 is 12.4 Å². The lowest BCUT2D eigenvalue weighted by Gasteiger charge is -2.22. The zero-order valence-corrected chi connectivity index (χ0v) is 10.4. The Labute approximate surface area is 102 Å². The Hall–Kier alpha value is -0.990. The van der Waals surface area contributed by atoms with E-state index in [4.69, 9.17) is 0 Å². The molecule has 1 aliphatic rings. The van der Waals surface area contributed by atoms with E-state index in [0.717, 1.165) is 13.0 Å². The first kappa shape index (κ1) is 11.5. The van der Waals surface area contributed by atoms with Gasteiger partial charge in [-0.2, -0.15) is 0 Å². The average molecular weight is 236 g/mol. The van der Waals surface area contributed by atoms with Crippen molar-refractivity contribution >= 4 is 10.9 Å². The molecule has 0 radical (unpaired) electrons. The topological polar surface area (TPSA) is 19.0 Å². The molecule has 86 valence electrons. The lowest BCUT2D eigenvalue weighted by molar-refractivity contribution is -0.00000321. The first-order valence-corrected chi connectivity index (χ1v) is 5.52. The Morgan fingerprint density at radius 3 is 2.94 bits per heavy atom. The number of aromatic nitrogens is 1. The highest BCUT2D eigenvalue weighted by atomic mass is 35.5. The van der Waals surface area contributed by atoms with Crippen molar-refractivity contribution in [1.29, 1.82) is 0 Å². The smallest absolute Gasteiger partial charge is 0.0459 e. The Kier molecular flexibility index (Phi) is 2.96. The number of halogens is 1. The molecule has 16 heavy (non-hydrogen) atoms. The SMILES string of the molecule is Cc1ccc2[nH]c3c(c2c1)CN(C)CC3.[Cl-]. The van der Waals surface area contributed by atoms with Crippen LogP contribution in [-0.2, 0) is 13.0 Å². The summed E-state index contributed by atoms with van der Waals surface area (Å²) in [4.78, 5) is 5.92. The third kappa shape index (κ3) is 1.72. The molecule has 0 amide bonds. The van der Waals surface area contributed by atoms with Gasteiger partial charge in [-0.05, 0) is 31.7 Å². The van der Waals surface area contributed by atoms with E-state index in [1.165, 1.54) is 34.3 Å². The van der Waals surface area contributed by atoms with E-state index in [1.807, 2.05) is 0 Å². The van der Waals surface area contributed by atoms with Gasteiger partial charge in [-0.1, -0.05) is 11.6 Å². The molecule has 0 fully saturated rings. The van der Waals surface area contributed by atoms with Gasteiger partial charge in [-0.15, -0.1) is 0 Å². The standard InChI is InChI=1S/C13H16N2.ClH/c1-9-3-4-12-10(7-9)11-8-15(2)6-5-13(11)14-12;/h3-4,7,14H,5-6,8H2,1-2H3;1H/p-1. The Morgan fingerprint density at radius 1 is 1.31 bits per heavy atom. The number of hydrogen-bond acceptors (Lipinski definition) is 1. The van der Waals surface area contributed by atoms with Gasteiger partial charge < -0.3 is 22.3 Å². The molecule has 0 bridgehead atoms. The molecular weight excluding hydrogens is 220 g/mol. The van der Waals surface area contributed by atoms with Gasteiger partial charge in [0.15, 0.2) is 0 Å². The highest BCUT2D eigenvalue weighted by Crippen LogP contribution is 2.27. The largest absolute Gasteiger partial charge is 1.00 e. The Morgan fingerprint density at radius 2 is 2.12 bits per heavy atom. The number of hydrogen-bond donors (Lipinski definition) is 1. The van der Waals surface area contributed by atoms with Crippen LogP contribution in [0.1, 0.15) is 16.8 Å². The van der Waals surface area contributed by atoms with Gasteiger partial charge in [0, 0.05) is 36.1 Å². The lowest BCUT2D eigenvalue weighted by Crippen LogP contribution is -3.00. The molecule has 0 unspecified atom stereocenters. The van der Waals surface area contributed by atoms with Crippen LogP contribution in [0.2, 0.25) is 0 Å². The van der Waals surface area contributed by atoms with Crippen molar-refractivity contribution in [3.63, 3.8) is 0 Å². The Balaban J connectivity index is 0.000000963. The third-order valence-electron chi connectivity index (χ3n) is 3.32. The third-order valence-corrected chi connectivity index (χ3v) is 3.32. The Bertz CT molecular complexity index is 516. The monoisotopic (exact) mass is 235 g/mol. The van der Waals surface area contributed by atoms with Crippen LogP contribution in [0.25, 0.3) is 10.9 Å². The molecular formula is C13H16ClN2-. The fourth-order valence-electron chi connectivity index (χ4n) is 2.46. The van der Waals surface area contributed by atoms with Crippen molar-refractivity contribution in [2.24, 2.45) is 0 Å². The molecule has 1 aliphatic heterocycles. The normalized spacial score (nSPS) is 15.9. The van der Waals surface area contributed by atoms with Crippen molar-refractivity contribution < 1.29 is 12.4 Å². The fraction of sp³-hybridized carbons (Fsp3) is 0.385. The molecule has 0 saturated carbocycles. The minimum atomic E-state index is 0. The summed E-state index contributed by atoms with van der Waals surface area (Å²) in [6.07, 6.45) is 1.15. The summed E-state index contributed by atoms with van der Waals surface area (Å²) in [5.41, 5.74) is 5.58. The van der Waals surface area contributed by atoms with Crippen LogP contribution >= 0.6 is 0 Å². The van der Waals surface area contributed by atoms with Crippen molar-refractivity contribution in [1.82, 2.24) is 9.88 Å². The molecule has 0 saturated heterocycles. The second-order valence-corrected chi connectivity index (χ2v) is 4.62. The van der Waals surface area contributed by atoms with E-state index in [-0.39, 0.29) is 12.4 Å². The van der Waals surface area contributed by atoms with Crippen molar-refractivity contribution in [3.05, 3.63) is 35.0 Å². The summed E-state index contributed by atoms with van der Waals surface area (Å²) in [6, 6.07) is 6.67. The van der Waals surface area contributed by atoms with Gasteiger partial charge in [0.25, 0.3) is 0 Å². The highest BCUT2D eigenvalue weighted by Gasteiger charge is 2.17. The first-order valence-electron chi connectivity index (χ1n) is 5.52. The van der Waals surface area contributed by atoms with Gasteiger partial charge in [0.1, 0.15) is 0 Å². The molecule has 2 nitrogen and oxygen atoms in total. The molecule has 2 heterocycles. The number of rotatable bonds is 0. The predicted octanol–water partition coefficient (Wildman–Crippen LogP) is -0.532. The lowest BCUT2D eigenvalue weighted by atomic mass is 10.0. The van der Waals surface area contributed by atoms with Gasteiger partial charge >= 0.3 is 0 Å². The summed E-state index contributed by atoms with van der Waals surface area (Å²) in [6.45, 7) is 4.41. The van der Waals surface area contributed by atoms with E-state index < -0.39 is 0 Å². The quantitative estimate of drug-likeness (QED) is 0.651. The molecule has 3 rings (SSSR count). The number of nitrogens with zero attached hydrogens (tertiary/aromatic N) is 1. The van der Waals surface area contributed by atoms with Crippen molar-refractivity contribution in [2.75, 3.05) is 13.6 Å². The van der Waals surface area contributed by atoms with Gasteiger partial charge in [-0.25, -0.2) is 0 Å². The predicted molar refractivity (Wildman–Crippen MR) is 63.1 cm³/mol. The van der Waals surface area contributed by atoms with Crippen LogP contribution in [0.15, 0.2) is 18.2 Å². The fourth-order valence-corrected chi connectivity index (χ4v) is 2.46.